The van der Waals surface area contributed by atoms with E-state index in [-0.39, 0.29) is 11.5 Å². The van der Waals surface area contributed by atoms with E-state index >= 15 is 0 Å². The molecule has 128 valence electrons. The van der Waals surface area contributed by atoms with E-state index in [9.17, 15) is 13.5 Å². The third kappa shape index (κ3) is 2.66. The number of aromatic nitrogens is 1. The number of hydrogen-bond acceptors (Lipinski definition) is 6. The van der Waals surface area contributed by atoms with Crippen LogP contribution in [-0.4, -0.2) is 31.4 Å². The normalized spacial score (nSPS) is 15.1. The number of pyridine rings is 1. The Morgan fingerprint density at radius 3 is 2.84 bits per heavy atom. The number of phenolic OH excluding ortho intramolecular Hbond substituents is 1. The Morgan fingerprint density at radius 1 is 1.20 bits per heavy atom. The first-order chi connectivity index (χ1) is 12.0. The number of benzene rings is 2. The van der Waals surface area contributed by atoms with Crippen LogP contribution in [0, 0.1) is 0 Å². The topological polar surface area (TPSA) is 88.5 Å². The van der Waals surface area contributed by atoms with Gasteiger partial charge in [-0.25, -0.2) is 8.42 Å². The molecular weight excluding hydrogens is 340 g/mol. The van der Waals surface area contributed by atoms with Gasteiger partial charge in [0.1, 0.15) is 11.5 Å². The summed E-state index contributed by atoms with van der Waals surface area (Å²) in [6.45, 7) is 0. The zero-order valence-electron chi connectivity index (χ0n) is 13.5. The maximum absolute atomic E-state index is 12.2. The fraction of sp³-hybridized carbons (Fsp3) is 0.167. The zero-order valence-corrected chi connectivity index (χ0v) is 14.3. The molecule has 0 radical (unpaired) electrons. The van der Waals surface area contributed by atoms with Gasteiger partial charge in [0, 0.05) is 41.2 Å². The lowest BCUT2D eigenvalue weighted by Gasteiger charge is -2.13. The zero-order chi connectivity index (χ0) is 17.6. The van der Waals surface area contributed by atoms with Crippen LogP contribution in [0.4, 0.5) is 11.4 Å². The third-order valence-electron chi connectivity index (χ3n) is 4.33. The average Bonchev–Trinajstić information content (AvgIpc) is 2.89. The van der Waals surface area contributed by atoms with Crippen LogP contribution in [0.2, 0.25) is 0 Å². The van der Waals surface area contributed by atoms with E-state index in [0.717, 1.165) is 22.2 Å². The number of hydrogen-bond donors (Lipinski definition) is 2. The minimum absolute atomic E-state index is 0.0769. The van der Waals surface area contributed by atoms with Gasteiger partial charge in [0.2, 0.25) is 0 Å². The number of fused-ring (bicyclic) bond motifs is 3. The van der Waals surface area contributed by atoms with Crippen LogP contribution >= 0.6 is 0 Å². The number of aromatic hydroxyl groups is 1. The molecule has 2 aromatic carbocycles. The minimum atomic E-state index is -3.22. The van der Waals surface area contributed by atoms with E-state index in [1.54, 1.807) is 36.5 Å². The van der Waals surface area contributed by atoms with Crippen LogP contribution in [0.5, 0.6) is 11.5 Å². The molecule has 0 fully saturated rings. The summed E-state index contributed by atoms with van der Waals surface area (Å²) in [5.41, 5.74) is 2.91. The lowest BCUT2D eigenvalue weighted by Crippen LogP contribution is -1.99. The van der Waals surface area contributed by atoms with Gasteiger partial charge in [0.15, 0.2) is 9.84 Å². The number of phenols is 1. The Labute approximate surface area is 145 Å². The van der Waals surface area contributed by atoms with Crippen molar-refractivity contribution >= 4 is 32.1 Å². The van der Waals surface area contributed by atoms with Crippen molar-refractivity contribution in [2.24, 2.45) is 0 Å². The number of anilines is 2. The van der Waals surface area contributed by atoms with Gasteiger partial charge in [0.25, 0.3) is 0 Å². The summed E-state index contributed by atoms with van der Waals surface area (Å²) in [5.74, 6) is 0.720. The van der Waals surface area contributed by atoms with Crippen LogP contribution in [0.3, 0.4) is 0 Å². The van der Waals surface area contributed by atoms with Crippen LogP contribution in [0.1, 0.15) is 5.56 Å². The number of sulfone groups is 1. The Kier molecular flexibility index (Phi) is 3.54. The summed E-state index contributed by atoms with van der Waals surface area (Å²) in [5, 5.41) is 13.9. The third-order valence-corrected chi connectivity index (χ3v) is 6.13. The van der Waals surface area contributed by atoms with E-state index in [1.165, 1.54) is 13.2 Å². The van der Waals surface area contributed by atoms with Gasteiger partial charge in [-0.05, 0) is 30.2 Å². The number of rotatable bonds is 3. The molecule has 6 nitrogen and oxygen atoms in total. The van der Waals surface area contributed by atoms with E-state index in [4.69, 9.17) is 4.74 Å². The Bertz CT molecular complexity index is 1090. The summed E-state index contributed by atoms with van der Waals surface area (Å²) < 4.78 is 29.6. The first-order valence-corrected chi connectivity index (χ1v) is 9.41. The molecule has 7 heteroatoms. The fourth-order valence-corrected chi connectivity index (χ4v) is 4.77. The maximum Gasteiger partial charge on any atom is 0.179 e. The second-order valence-corrected chi connectivity index (χ2v) is 7.99. The quantitative estimate of drug-likeness (QED) is 0.750. The molecule has 2 heterocycles. The molecule has 4 rings (SSSR count). The lowest BCUT2D eigenvalue weighted by molar-refractivity contribution is 0.408. The molecule has 0 saturated carbocycles. The first kappa shape index (κ1) is 15.7. The van der Waals surface area contributed by atoms with E-state index in [0.29, 0.717) is 22.8 Å². The summed E-state index contributed by atoms with van der Waals surface area (Å²) in [6.07, 6.45) is 2.14. The SMILES string of the molecule is COc1cc(O)cc(Nc2ccnc3ccc4c(c23)CCS4(=O)=O)c1. The monoisotopic (exact) mass is 356 g/mol. The molecule has 0 bridgehead atoms. The van der Waals surface area contributed by atoms with Gasteiger partial charge in [-0.2, -0.15) is 0 Å². The lowest BCUT2D eigenvalue weighted by atomic mass is 10.0. The van der Waals surface area contributed by atoms with Crippen molar-refractivity contribution in [1.29, 1.82) is 0 Å². The predicted octanol–water partition coefficient (Wildman–Crippen LogP) is 3.02. The molecule has 0 spiro atoms. The smallest absolute Gasteiger partial charge is 0.179 e. The van der Waals surface area contributed by atoms with Gasteiger partial charge in [0.05, 0.1) is 23.3 Å². The number of methoxy groups -OCH3 is 1. The van der Waals surface area contributed by atoms with E-state index in [2.05, 4.69) is 10.3 Å². The summed E-state index contributed by atoms with van der Waals surface area (Å²) in [6, 6.07) is 10.0. The average molecular weight is 356 g/mol. The van der Waals surface area contributed by atoms with E-state index in [1.807, 2.05) is 0 Å². The molecule has 0 aliphatic carbocycles. The summed E-state index contributed by atoms with van der Waals surface area (Å²) >= 11 is 0. The fourth-order valence-electron chi connectivity index (χ4n) is 3.22. The molecule has 0 amide bonds. The molecule has 1 aliphatic rings. The Balaban J connectivity index is 1.89. The van der Waals surface area contributed by atoms with Crippen LogP contribution < -0.4 is 10.1 Å². The van der Waals surface area contributed by atoms with Gasteiger partial charge >= 0.3 is 0 Å². The van der Waals surface area contributed by atoms with Gasteiger partial charge in [-0.1, -0.05) is 0 Å². The molecule has 0 unspecified atom stereocenters. The van der Waals surface area contributed by atoms with Crippen molar-refractivity contribution < 1.29 is 18.3 Å². The van der Waals surface area contributed by atoms with Crippen LogP contribution in [0.15, 0.2) is 47.5 Å². The molecule has 0 atom stereocenters. The second kappa shape index (κ2) is 5.63. The van der Waals surface area contributed by atoms with Crippen LogP contribution in [-0.2, 0) is 16.3 Å². The molecule has 2 N–H and O–H groups in total. The van der Waals surface area contributed by atoms with Crippen molar-refractivity contribution in [3.63, 3.8) is 0 Å². The van der Waals surface area contributed by atoms with Gasteiger partial charge < -0.3 is 15.2 Å². The highest BCUT2D eigenvalue weighted by atomic mass is 32.2. The predicted molar refractivity (Wildman–Crippen MR) is 95.4 cm³/mol. The van der Waals surface area contributed by atoms with Crippen molar-refractivity contribution in [2.75, 3.05) is 18.2 Å². The molecule has 3 aromatic rings. The highest BCUT2D eigenvalue weighted by molar-refractivity contribution is 7.91. The van der Waals surface area contributed by atoms with Crippen molar-refractivity contribution in [1.82, 2.24) is 4.98 Å². The van der Waals surface area contributed by atoms with Crippen molar-refractivity contribution in [3.05, 3.63) is 48.2 Å². The highest BCUT2D eigenvalue weighted by Gasteiger charge is 2.28. The molecule has 25 heavy (non-hydrogen) atoms. The molecular formula is C18H16N2O4S. The summed E-state index contributed by atoms with van der Waals surface area (Å²) in [4.78, 5) is 4.73. The number of nitrogens with zero attached hydrogens (tertiary/aromatic N) is 1. The van der Waals surface area contributed by atoms with Gasteiger partial charge in [-0.15, -0.1) is 0 Å². The molecule has 1 aliphatic heterocycles. The Hall–Kier alpha value is -2.80. The maximum atomic E-state index is 12.2. The number of nitrogens with one attached hydrogen (secondary N) is 1. The number of ether oxygens (including phenoxy) is 1. The van der Waals surface area contributed by atoms with E-state index < -0.39 is 9.84 Å². The van der Waals surface area contributed by atoms with Crippen LogP contribution in [0.25, 0.3) is 10.9 Å². The molecule has 1 aromatic heterocycles. The van der Waals surface area contributed by atoms with Crippen molar-refractivity contribution in [3.8, 4) is 11.5 Å². The number of aryl methyl sites for hydroxylation is 1. The minimum Gasteiger partial charge on any atom is -0.508 e. The second-order valence-electron chi connectivity index (χ2n) is 5.91. The largest absolute Gasteiger partial charge is 0.508 e. The summed E-state index contributed by atoms with van der Waals surface area (Å²) in [7, 11) is -1.69. The standard InChI is InChI=1S/C18H16N2O4S/c1-24-13-9-11(8-12(21)10-13)20-16-4-6-19-15-2-3-17-14(18(15)16)5-7-25(17,22)23/h2-4,6,8-10,21H,5,7H2,1H3,(H,19,20). The van der Waals surface area contributed by atoms with Gasteiger partial charge in [-0.3, -0.25) is 4.98 Å². The van der Waals surface area contributed by atoms with Crippen molar-refractivity contribution in [2.45, 2.75) is 11.3 Å². The highest BCUT2D eigenvalue weighted by Crippen LogP contribution is 2.37. The Morgan fingerprint density at radius 2 is 2.04 bits per heavy atom. The first-order valence-electron chi connectivity index (χ1n) is 7.76. The molecule has 0 saturated heterocycles.